The van der Waals surface area contributed by atoms with Gasteiger partial charge in [0.2, 0.25) is 0 Å². The van der Waals surface area contributed by atoms with Gasteiger partial charge in [0.05, 0.1) is 0 Å². The molecule has 0 rings (SSSR count). The van der Waals surface area contributed by atoms with Crippen molar-refractivity contribution in [2.45, 2.75) is 27.2 Å². The smallest absolute Gasteiger partial charge is 0 e. The highest BCUT2D eigenvalue weighted by atomic mass is 14.8. The molecule has 0 aromatic carbocycles. The molecular weight excluding hydrogens is 110 g/mol. The van der Waals surface area contributed by atoms with E-state index < -0.39 is 0 Å². The van der Waals surface area contributed by atoms with Crippen molar-refractivity contribution in [1.82, 2.24) is 5.32 Å². The maximum absolute atomic E-state index is 3.15. The molecule has 1 heteroatoms. The minimum atomic E-state index is 0. The van der Waals surface area contributed by atoms with Gasteiger partial charge in [0, 0.05) is 1.43 Å². The Hall–Kier alpha value is -0.0400. The first-order chi connectivity index (χ1) is 4.18. The van der Waals surface area contributed by atoms with Gasteiger partial charge in [-0.2, -0.15) is 0 Å². The lowest BCUT2D eigenvalue weighted by Gasteiger charge is -2.14. The third-order valence-electron chi connectivity index (χ3n) is 1.99. The molecule has 0 aliphatic heterocycles. The molecule has 1 unspecified atom stereocenters. The van der Waals surface area contributed by atoms with Crippen LogP contribution in [0.1, 0.15) is 28.6 Å². The van der Waals surface area contributed by atoms with Gasteiger partial charge in [-0.25, -0.2) is 0 Å². The van der Waals surface area contributed by atoms with Gasteiger partial charge < -0.3 is 5.32 Å². The molecule has 0 saturated heterocycles. The highest BCUT2D eigenvalue weighted by Crippen LogP contribution is 2.12. The highest BCUT2D eigenvalue weighted by Gasteiger charge is 2.04. The van der Waals surface area contributed by atoms with Crippen molar-refractivity contribution >= 4 is 0 Å². The van der Waals surface area contributed by atoms with Crippen molar-refractivity contribution < 1.29 is 1.43 Å². The summed E-state index contributed by atoms with van der Waals surface area (Å²) in [5.74, 6) is 1.69. The van der Waals surface area contributed by atoms with Crippen molar-refractivity contribution in [1.29, 1.82) is 0 Å². The summed E-state index contributed by atoms with van der Waals surface area (Å²) in [7, 11) is 2.01. The fraction of sp³-hybridized carbons (Fsp3) is 1.00. The quantitative estimate of drug-likeness (QED) is 0.616. The molecule has 0 aromatic rings. The Labute approximate surface area is 60.3 Å². The Kier molecular flexibility index (Phi) is 4.78. The predicted octanol–water partition coefficient (Wildman–Crippen LogP) is 2.13. The van der Waals surface area contributed by atoms with Crippen LogP contribution in [0.15, 0.2) is 0 Å². The van der Waals surface area contributed by atoms with Crippen molar-refractivity contribution in [3.8, 4) is 0 Å². The minimum Gasteiger partial charge on any atom is -0.320 e. The fourth-order valence-corrected chi connectivity index (χ4v) is 0.705. The van der Waals surface area contributed by atoms with Crippen LogP contribution in [0.25, 0.3) is 0 Å². The average Bonchev–Trinajstić information content (AvgIpc) is 1.82. The first-order valence-electron chi connectivity index (χ1n) is 3.83. The van der Waals surface area contributed by atoms with Crippen LogP contribution in [0.4, 0.5) is 0 Å². The average molecular weight is 131 g/mol. The Balaban J connectivity index is 0. The highest BCUT2D eigenvalue weighted by molar-refractivity contribution is 4.57. The van der Waals surface area contributed by atoms with Crippen molar-refractivity contribution in [3.63, 3.8) is 0 Å². The summed E-state index contributed by atoms with van der Waals surface area (Å²) in [4.78, 5) is 0. The van der Waals surface area contributed by atoms with E-state index in [0.29, 0.717) is 0 Å². The van der Waals surface area contributed by atoms with E-state index in [9.17, 15) is 0 Å². The van der Waals surface area contributed by atoms with E-state index in [1.807, 2.05) is 7.05 Å². The van der Waals surface area contributed by atoms with E-state index in [4.69, 9.17) is 0 Å². The second kappa shape index (κ2) is 4.80. The van der Waals surface area contributed by atoms with Gasteiger partial charge in [0.15, 0.2) is 0 Å². The maximum atomic E-state index is 3.15. The van der Waals surface area contributed by atoms with Crippen LogP contribution in [0.3, 0.4) is 0 Å². The number of hydrogen-bond donors (Lipinski definition) is 1. The molecule has 0 aliphatic carbocycles. The molecule has 1 atom stereocenters. The molecule has 0 saturated carbocycles. The third-order valence-corrected chi connectivity index (χ3v) is 1.99. The van der Waals surface area contributed by atoms with Gasteiger partial charge in [-0.05, 0) is 31.8 Å². The van der Waals surface area contributed by atoms with Crippen LogP contribution >= 0.6 is 0 Å². The molecule has 0 radical (unpaired) electrons. The molecule has 0 aromatic heterocycles. The van der Waals surface area contributed by atoms with Gasteiger partial charge in [-0.1, -0.05) is 20.8 Å². The normalized spacial score (nSPS) is 14.3. The van der Waals surface area contributed by atoms with E-state index in [0.717, 1.165) is 18.4 Å². The number of nitrogens with one attached hydrogen (secondary N) is 1. The molecule has 0 spiro atoms. The standard InChI is InChI=1S/C8H19N.H2/c1-7(2)8(3)5-6-9-4;/h7-9H,5-6H2,1-4H3;1H. The summed E-state index contributed by atoms with van der Waals surface area (Å²) in [5, 5.41) is 3.15. The molecule has 1 N–H and O–H groups in total. The SMILES string of the molecule is CNCCC(C)C(C)C.[HH]. The van der Waals surface area contributed by atoms with Crippen LogP contribution in [0.5, 0.6) is 0 Å². The zero-order valence-electron chi connectivity index (χ0n) is 7.07. The molecule has 0 aliphatic rings. The molecular formula is C8H21N. The van der Waals surface area contributed by atoms with Crippen LogP contribution in [0, 0.1) is 11.8 Å². The first kappa shape index (κ1) is 8.96. The lowest BCUT2D eigenvalue weighted by molar-refractivity contribution is 0.388. The molecule has 0 fully saturated rings. The lowest BCUT2D eigenvalue weighted by atomic mass is 9.95. The molecule has 0 amide bonds. The summed E-state index contributed by atoms with van der Waals surface area (Å²) >= 11 is 0. The summed E-state index contributed by atoms with van der Waals surface area (Å²) in [6.07, 6.45) is 1.30. The molecule has 0 bridgehead atoms. The number of hydrogen-bond acceptors (Lipinski definition) is 1. The topological polar surface area (TPSA) is 12.0 Å². The van der Waals surface area contributed by atoms with E-state index in [1.165, 1.54) is 6.42 Å². The van der Waals surface area contributed by atoms with E-state index in [-0.39, 0.29) is 1.43 Å². The van der Waals surface area contributed by atoms with Gasteiger partial charge in [0.1, 0.15) is 0 Å². The van der Waals surface area contributed by atoms with Crippen LogP contribution < -0.4 is 5.32 Å². The zero-order chi connectivity index (χ0) is 7.28. The van der Waals surface area contributed by atoms with E-state index >= 15 is 0 Å². The molecule has 0 heterocycles. The zero-order valence-corrected chi connectivity index (χ0v) is 7.07. The van der Waals surface area contributed by atoms with Crippen molar-refractivity contribution in [3.05, 3.63) is 0 Å². The first-order valence-corrected chi connectivity index (χ1v) is 3.83. The summed E-state index contributed by atoms with van der Waals surface area (Å²) in [6, 6.07) is 0. The lowest BCUT2D eigenvalue weighted by Crippen LogP contribution is -2.14. The van der Waals surface area contributed by atoms with Crippen molar-refractivity contribution in [2.24, 2.45) is 11.8 Å². The Morgan fingerprint density at radius 2 is 1.89 bits per heavy atom. The molecule has 1 nitrogen and oxygen atoms in total. The van der Waals surface area contributed by atoms with E-state index in [2.05, 4.69) is 26.1 Å². The van der Waals surface area contributed by atoms with Gasteiger partial charge in [-0.3, -0.25) is 0 Å². The summed E-state index contributed by atoms with van der Waals surface area (Å²) < 4.78 is 0. The Morgan fingerprint density at radius 3 is 2.22 bits per heavy atom. The van der Waals surface area contributed by atoms with Crippen LogP contribution in [-0.4, -0.2) is 13.6 Å². The van der Waals surface area contributed by atoms with Gasteiger partial charge >= 0.3 is 0 Å². The van der Waals surface area contributed by atoms with Crippen molar-refractivity contribution in [2.75, 3.05) is 13.6 Å². The molecule has 9 heavy (non-hydrogen) atoms. The number of rotatable bonds is 4. The van der Waals surface area contributed by atoms with Gasteiger partial charge in [0.25, 0.3) is 0 Å². The molecule has 58 valence electrons. The Bertz CT molecular complexity index is 64.3. The summed E-state index contributed by atoms with van der Waals surface area (Å²) in [6.45, 7) is 8.02. The minimum absolute atomic E-state index is 0. The second-order valence-electron chi connectivity index (χ2n) is 3.11. The van der Waals surface area contributed by atoms with E-state index in [1.54, 1.807) is 0 Å². The fourth-order valence-electron chi connectivity index (χ4n) is 0.705. The second-order valence-corrected chi connectivity index (χ2v) is 3.11. The third kappa shape index (κ3) is 4.46. The predicted molar refractivity (Wildman–Crippen MR) is 44.7 cm³/mol. The van der Waals surface area contributed by atoms with Crippen LogP contribution in [0.2, 0.25) is 0 Å². The largest absolute Gasteiger partial charge is 0.320 e. The monoisotopic (exact) mass is 131 g/mol. The maximum Gasteiger partial charge on any atom is 0 e. The summed E-state index contributed by atoms with van der Waals surface area (Å²) in [5.41, 5.74) is 0. The van der Waals surface area contributed by atoms with Gasteiger partial charge in [-0.15, -0.1) is 0 Å². The van der Waals surface area contributed by atoms with Crippen LogP contribution in [-0.2, 0) is 0 Å². The Morgan fingerprint density at radius 1 is 1.33 bits per heavy atom.